The molecule has 1 aliphatic rings. The van der Waals surface area contributed by atoms with E-state index in [1.165, 1.54) is 18.5 Å². The van der Waals surface area contributed by atoms with E-state index in [2.05, 4.69) is 47.5 Å². The molecule has 1 aromatic rings. The third-order valence-corrected chi connectivity index (χ3v) is 4.68. The molecule has 0 bridgehead atoms. The Morgan fingerprint density at radius 1 is 1.44 bits per heavy atom. The smallest absolute Gasteiger partial charge is 0.194 e. The lowest BCUT2D eigenvalue weighted by molar-refractivity contribution is 0.217. The van der Waals surface area contributed by atoms with Gasteiger partial charge in [-0.3, -0.25) is 9.89 Å². The Bertz CT molecular complexity index is 552. The molecule has 1 heterocycles. The fourth-order valence-electron chi connectivity index (χ4n) is 3.05. The molecule has 1 saturated carbocycles. The van der Waals surface area contributed by atoms with Crippen molar-refractivity contribution in [2.24, 2.45) is 12.0 Å². The predicted molar refractivity (Wildman–Crippen MR) is 118 cm³/mol. The van der Waals surface area contributed by atoms with Crippen molar-refractivity contribution in [2.45, 2.75) is 52.2 Å². The summed E-state index contributed by atoms with van der Waals surface area (Å²) in [5.41, 5.74) is 1.18. The average Bonchev–Trinajstić information content (AvgIpc) is 3.28. The number of hydrogen-bond acceptors (Lipinski definition) is 2. The molecule has 1 N–H and O–H groups in total. The van der Waals surface area contributed by atoms with Gasteiger partial charge in [0.1, 0.15) is 0 Å². The summed E-state index contributed by atoms with van der Waals surface area (Å²) in [5, 5.41) is 4.17. The molecular formula is C18H33ClIN5. The summed E-state index contributed by atoms with van der Waals surface area (Å²) in [6.45, 7) is 10.2. The predicted octanol–water partition coefficient (Wildman–Crippen LogP) is 3.57. The van der Waals surface area contributed by atoms with Gasteiger partial charge in [-0.2, -0.15) is 0 Å². The third-order valence-electron chi connectivity index (χ3n) is 4.47. The number of nitrogens with one attached hydrogen (secondary N) is 1. The van der Waals surface area contributed by atoms with Crippen LogP contribution in [0.5, 0.6) is 0 Å². The Labute approximate surface area is 174 Å². The number of hydrogen-bond donors (Lipinski definition) is 1. The maximum absolute atomic E-state index is 6.08. The van der Waals surface area contributed by atoms with Gasteiger partial charge < -0.3 is 14.8 Å². The molecule has 0 atom stereocenters. The van der Waals surface area contributed by atoms with Gasteiger partial charge in [-0.25, -0.2) is 0 Å². The summed E-state index contributed by atoms with van der Waals surface area (Å²) in [5.74, 6) is 0.953. The molecule has 1 aliphatic carbocycles. The average molecular weight is 482 g/mol. The van der Waals surface area contributed by atoms with Crippen molar-refractivity contribution in [3.05, 3.63) is 23.0 Å². The monoisotopic (exact) mass is 481 g/mol. The Balaban J connectivity index is 0.00000312. The summed E-state index contributed by atoms with van der Waals surface area (Å²) in [6, 6.07) is 3.39. The van der Waals surface area contributed by atoms with Gasteiger partial charge in [-0.1, -0.05) is 11.6 Å². The molecule has 5 nitrogen and oxygen atoms in total. The van der Waals surface area contributed by atoms with E-state index in [0.717, 1.165) is 43.2 Å². The Morgan fingerprint density at radius 2 is 2.12 bits per heavy atom. The lowest BCUT2D eigenvalue weighted by atomic mass is 10.3. The van der Waals surface area contributed by atoms with Gasteiger partial charge in [0, 0.05) is 51.2 Å². The van der Waals surface area contributed by atoms with Crippen LogP contribution in [0.15, 0.2) is 17.3 Å². The van der Waals surface area contributed by atoms with E-state index < -0.39 is 0 Å². The number of rotatable bonds is 8. The first-order valence-electron chi connectivity index (χ1n) is 8.98. The number of aliphatic imine (C=N–C) groups is 1. The molecule has 0 radical (unpaired) electrons. The molecule has 1 aromatic heterocycles. The first-order valence-corrected chi connectivity index (χ1v) is 9.36. The van der Waals surface area contributed by atoms with Crippen molar-refractivity contribution < 1.29 is 0 Å². The van der Waals surface area contributed by atoms with Crippen LogP contribution in [0.25, 0.3) is 0 Å². The third kappa shape index (κ3) is 6.98. The van der Waals surface area contributed by atoms with Crippen LogP contribution in [-0.2, 0) is 13.6 Å². The van der Waals surface area contributed by atoms with E-state index >= 15 is 0 Å². The second kappa shape index (κ2) is 10.6. The second-order valence-corrected chi connectivity index (χ2v) is 7.35. The Kier molecular flexibility index (Phi) is 9.59. The van der Waals surface area contributed by atoms with Gasteiger partial charge >= 0.3 is 0 Å². The van der Waals surface area contributed by atoms with E-state index in [0.29, 0.717) is 6.04 Å². The van der Waals surface area contributed by atoms with Crippen molar-refractivity contribution in [1.29, 1.82) is 0 Å². The van der Waals surface area contributed by atoms with Crippen molar-refractivity contribution in [3.8, 4) is 0 Å². The zero-order valence-electron chi connectivity index (χ0n) is 16.1. The normalized spacial score (nSPS) is 14.8. The molecule has 1 fully saturated rings. The van der Waals surface area contributed by atoms with Crippen molar-refractivity contribution >= 4 is 41.5 Å². The lowest BCUT2D eigenvalue weighted by Crippen LogP contribution is -2.40. The highest BCUT2D eigenvalue weighted by atomic mass is 127. The standard InChI is InChI=1S/C18H32ClN5.HI/c1-6-20-18(21-9-10-24(14(2)3)16-7-8-16)23(5)13-17-11-15(19)12-22(17)4;/h11-12,14,16H,6-10,13H2,1-5H3,(H,20,21);1H. The zero-order chi connectivity index (χ0) is 17.7. The first kappa shape index (κ1) is 22.6. The Morgan fingerprint density at radius 3 is 2.60 bits per heavy atom. The van der Waals surface area contributed by atoms with Gasteiger partial charge in [0.05, 0.1) is 18.1 Å². The van der Waals surface area contributed by atoms with Crippen LogP contribution in [0.3, 0.4) is 0 Å². The zero-order valence-corrected chi connectivity index (χ0v) is 19.2. The number of nitrogens with zero attached hydrogens (tertiary/aromatic N) is 4. The van der Waals surface area contributed by atoms with Crippen molar-refractivity contribution in [3.63, 3.8) is 0 Å². The van der Waals surface area contributed by atoms with Gasteiger partial charge in [0.25, 0.3) is 0 Å². The summed E-state index contributed by atoms with van der Waals surface area (Å²) in [6.07, 6.45) is 4.62. The molecule has 0 saturated heterocycles. The molecule has 0 aliphatic heterocycles. The molecule has 0 spiro atoms. The molecule has 25 heavy (non-hydrogen) atoms. The maximum Gasteiger partial charge on any atom is 0.194 e. The van der Waals surface area contributed by atoms with E-state index in [9.17, 15) is 0 Å². The summed E-state index contributed by atoms with van der Waals surface area (Å²) < 4.78 is 2.07. The minimum Gasteiger partial charge on any atom is -0.357 e. The number of aryl methyl sites for hydroxylation is 1. The minimum absolute atomic E-state index is 0. The maximum atomic E-state index is 6.08. The minimum atomic E-state index is 0. The highest BCUT2D eigenvalue weighted by Crippen LogP contribution is 2.28. The van der Waals surface area contributed by atoms with E-state index in [-0.39, 0.29) is 24.0 Å². The molecule has 0 amide bonds. The van der Waals surface area contributed by atoms with Crippen LogP contribution in [0.2, 0.25) is 5.02 Å². The van der Waals surface area contributed by atoms with Gasteiger partial charge in [0.2, 0.25) is 0 Å². The molecule has 7 heteroatoms. The molecule has 144 valence electrons. The highest BCUT2D eigenvalue weighted by molar-refractivity contribution is 14.0. The summed E-state index contributed by atoms with van der Waals surface area (Å²) in [4.78, 5) is 9.56. The van der Waals surface area contributed by atoms with E-state index in [1.54, 1.807) is 0 Å². The van der Waals surface area contributed by atoms with Crippen molar-refractivity contribution in [2.75, 3.05) is 26.7 Å². The van der Waals surface area contributed by atoms with Gasteiger partial charge in [0.15, 0.2) is 5.96 Å². The number of guanidine groups is 1. The summed E-state index contributed by atoms with van der Waals surface area (Å²) in [7, 11) is 4.10. The van der Waals surface area contributed by atoms with Crippen LogP contribution in [-0.4, -0.2) is 59.1 Å². The fourth-order valence-corrected chi connectivity index (χ4v) is 3.32. The fraction of sp³-hybridized carbons (Fsp3) is 0.722. The van der Waals surface area contributed by atoms with Crippen LogP contribution in [0.1, 0.15) is 39.3 Å². The first-order chi connectivity index (χ1) is 11.4. The molecular weight excluding hydrogens is 449 g/mol. The van der Waals surface area contributed by atoms with Gasteiger partial charge in [-0.15, -0.1) is 24.0 Å². The number of halogens is 2. The SMILES string of the molecule is CCNC(=NCCN(C(C)C)C1CC1)N(C)Cc1cc(Cl)cn1C.I. The topological polar surface area (TPSA) is 35.8 Å². The van der Waals surface area contributed by atoms with Crippen LogP contribution >= 0.6 is 35.6 Å². The molecule has 2 rings (SSSR count). The van der Waals surface area contributed by atoms with Crippen LogP contribution < -0.4 is 5.32 Å². The van der Waals surface area contributed by atoms with Gasteiger partial charge in [-0.05, 0) is 39.7 Å². The second-order valence-electron chi connectivity index (χ2n) is 6.92. The Hall–Kier alpha value is -0.470. The number of aromatic nitrogens is 1. The summed E-state index contributed by atoms with van der Waals surface area (Å²) >= 11 is 6.08. The van der Waals surface area contributed by atoms with Crippen molar-refractivity contribution in [1.82, 2.24) is 19.7 Å². The molecule has 0 aromatic carbocycles. The van der Waals surface area contributed by atoms with E-state index in [1.807, 2.05) is 19.3 Å². The van der Waals surface area contributed by atoms with Crippen LogP contribution in [0.4, 0.5) is 0 Å². The highest BCUT2D eigenvalue weighted by Gasteiger charge is 2.30. The van der Waals surface area contributed by atoms with E-state index in [4.69, 9.17) is 16.6 Å². The molecule has 0 unspecified atom stereocenters. The lowest BCUT2D eigenvalue weighted by Gasteiger charge is -2.26. The largest absolute Gasteiger partial charge is 0.357 e. The quantitative estimate of drug-likeness (QED) is 0.350. The van der Waals surface area contributed by atoms with Crippen LogP contribution in [0, 0.1) is 0 Å².